The van der Waals surface area contributed by atoms with Gasteiger partial charge in [0.1, 0.15) is 0 Å². The zero-order valence-corrected chi connectivity index (χ0v) is 11.6. The Hall–Kier alpha value is -0.420. The highest BCUT2D eigenvalue weighted by atomic mass is 32.1. The smallest absolute Gasteiger partial charge is 0.0758 e. The Balaban J connectivity index is 2.19. The van der Waals surface area contributed by atoms with Crippen LogP contribution in [0, 0.1) is 6.92 Å². The Labute approximate surface area is 107 Å². The van der Waals surface area contributed by atoms with Gasteiger partial charge in [-0.25, -0.2) is 0 Å². The minimum atomic E-state index is -0.556. The topological polar surface area (TPSA) is 49.5 Å². The third-order valence-electron chi connectivity index (χ3n) is 3.43. The van der Waals surface area contributed by atoms with Crippen molar-refractivity contribution < 1.29 is 5.11 Å². The molecule has 0 amide bonds. The van der Waals surface area contributed by atoms with E-state index in [1.165, 1.54) is 9.75 Å². The standard InChI is InChI=1S/C13H22N2OS/c1-9-4-5-11(17-9)12(10(2)14)15-7-6-13(3,16)8-15/h4-5,10,12,16H,6-8,14H2,1-3H3. The number of hydrogen-bond donors (Lipinski definition) is 2. The summed E-state index contributed by atoms with van der Waals surface area (Å²) in [5, 5.41) is 10.1. The fraction of sp³-hybridized carbons (Fsp3) is 0.692. The van der Waals surface area contributed by atoms with Crippen LogP contribution in [-0.2, 0) is 0 Å². The highest BCUT2D eigenvalue weighted by Crippen LogP contribution is 2.34. The molecule has 0 aliphatic carbocycles. The van der Waals surface area contributed by atoms with Gasteiger partial charge in [-0.15, -0.1) is 11.3 Å². The first-order valence-corrected chi connectivity index (χ1v) is 6.99. The molecule has 3 nitrogen and oxygen atoms in total. The van der Waals surface area contributed by atoms with Crippen LogP contribution in [0.25, 0.3) is 0 Å². The molecule has 3 atom stereocenters. The number of likely N-dealkylation sites (tertiary alicyclic amines) is 1. The molecule has 2 heterocycles. The fourth-order valence-corrected chi connectivity index (χ4v) is 3.73. The molecule has 4 heteroatoms. The van der Waals surface area contributed by atoms with Gasteiger partial charge in [0, 0.05) is 28.9 Å². The van der Waals surface area contributed by atoms with Crippen LogP contribution in [0.5, 0.6) is 0 Å². The number of nitrogens with zero attached hydrogens (tertiary/aromatic N) is 1. The minimum absolute atomic E-state index is 0.0851. The van der Waals surface area contributed by atoms with Crippen molar-refractivity contribution in [1.82, 2.24) is 4.90 Å². The first-order chi connectivity index (χ1) is 7.89. The number of hydrogen-bond acceptors (Lipinski definition) is 4. The summed E-state index contributed by atoms with van der Waals surface area (Å²) in [5.41, 5.74) is 5.57. The van der Waals surface area contributed by atoms with Crippen LogP contribution >= 0.6 is 11.3 Å². The summed E-state index contributed by atoms with van der Waals surface area (Å²) in [7, 11) is 0. The molecule has 0 saturated carbocycles. The molecule has 96 valence electrons. The molecular weight excluding hydrogens is 232 g/mol. The summed E-state index contributed by atoms with van der Waals surface area (Å²) in [4.78, 5) is 4.95. The largest absolute Gasteiger partial charge is 0.389 e. The van der Waals surface area contributed by atoms with E-state index in [2.05, 4.69) is 24.0 Å². The van der Waals surface area contributed by atoms with E-state index in [1.807, 2.05) is 25.2 Å². The number of rotatable bonds is 3. The average molecular weight is 254 g/mol. The first-order valence-electron chi connectivity index (χ1n) is 6.17. The molecule has 0 aromatic carbocycles. The fourth-order valence-electron chi connectivity index (χ4n) is 2.60. The van der Waals surface area contributed by atoms with Gasteiger partial charge in [-0.3, -0.25) is 4.90 Å². The van der Waals surface area contributed by atoms with Gasteiger partial charge in [0.25, 0.3) is 0 Å². The molecule has 1 aromatic heterocycles. The summed E-state index contributed by atoms with van der Waals surface area (Å²) in [5.74, 6) is 0. The second-order valence-electron chi connectivity index (χ2n) is 5.47. The van der Waals surface area contributed by atoms with Crippen LogP contribution in [0.15, 0.2) is 12.1 Å². The molecule has 0 bridgehead atoms. The van der Waals surface area contributed by atoms with Gasteiger partial charge in [-0.2, -0.15) is 0 Å². The first kappa shape index (κ1) is 13.0. The molecule has 1 saturated heterocycles. The molecule has 17 heavy (non-hydrogen) atoms. The van der Waals surface area contributed by atoms with E-state index in [1.54, 1.807) is 0 Å². The third-order valence-corrected chi connectivity index (χ3v) is 4.50. The second kappa shape index (κ2) is 4.69. The summed E-state index contributed by atoms with van der Waals surface area (Å²) >= 11 is 1.81. The van der Waals surface area contributed by atoms with E-state index in [0.717, 1.165) is 19.5 Å². The molecule has 1 fully saturated rings. The van der Waals surface area contributed by atoms with Gasteiger partial charge in [-0.1, -0.05) is 0 Å². The van der Waals surface area contributed by atoms with Crippen molar-refractivity contribution in [2.75, 3.05) is 13.1 Å². The molecule has 1 aromatic rings. The van der Waals surface area contributed by atoms with E-state index in [0.29, 0.717) is 0 Å². The monoisotopic (exact) mass is 254 g/mol. The number of aryl methyl sites for hydroxylation is 1. The van der Waals surface area contributed by atoms with Crippen LogP contribution in [0.4, 0.5) is 0 Å². The number of nitrogens with two attached hydrogens (primary N) is 1. The van der Waals surface area contributed by atoms with E-state index in [9.17, 15) is 5.11 Å². The third kappa shape index (κ3) is 2.88. The Kier molecular flexibility index (Phi) is 3.59. The summed E-state index contributed by atoms with van der Waals surface area (Å²) in [6.07, 6.45) is 0.834. The van der Waals surface area contributed by atoms with Gasteiger partial charge >= 0.3 is 0 Å². The lowest BCUT2D eigenvalue weighted by molar-refractivity contribution is 0.0604. The lowest BCUT2D eigenvalue weighted by atomic mass is 10.1. The molecule has 0 radical (unpaired) electrons. The van der Waals surface area contributed by atoms with Gasteiger partial charge in [-0.05, 0) is 39.3 Å². The van der Waals surface area contributed by atoms with Crippen molar-refractivity contribution in [2.24, 2.45) is 5.73 Å². The molecule has 1 aliphatic rings. The zero-order valence-electron chi connectivity index (χ0n) is 10.8. The maximum Gasteiger partial charge on any atom is 0.0758 e. The molecule has 3 unspecified atom stereocenters. The molecule has 2 rings (SSSR count). The molecule has 1 aliphatic heterocycles. The van der Waals surface area contributed by atoms with E-state index in [-0.39, 0.29) is 12.1 Å². The highest BCUT2D eigenvalue weighted by Gasteiger charge is 2.37. The Morgan fingerprint density at radius 3 is 2.65 bits per heavy atom. The lowest BCUT2D eigenvalue weighted by Crippen LogP contribution is -2.40. The summed E-state index contributed by atoms with van der Waals surface area (Å²) < 4.78 is 0. The predicted molar refractivity (Wildman–Crippen MR) is 72.3 cm³/mol. The maximum atomic E-state index is 10.1. The van der Waals surface area contributed by atoms with Crippen molar-refractivity contribution in [3.05, 3.63) is 21.9 Å². The highest BCUT2D eigenvalue weighted by molar-refractivity contribution is 7.12. The quantitative estimate of drug-likeness (QED) is 0.866. The second-order valence-corrected chi connectivity index (χ2v) is 6.79. The van der Waals surface area contributed by atoms with Gasteiger partial charge < -0.3 is 10.8 Å². The van der Waals surface area contributed by atoms with Crippen molar-refractivity contribution in [2.45, 2.75) is 44.9 Å². The number of β-amino-alcohol motifs (C(OH)–C–C–N with tert-alkyl or cyclic N) is 1. The number of thiophene rings is 1. The Morgan fingerprint density at radius 2 is 2.24 bits per heavy atom. The minimum Gasteiger partial charge on any atom is -0.389 e. The Bertz CT molecular complexity index is 387. The Morgan fingerprint density at radius 1 is 1.53 bits per heavy atom. The van der Waals surface area contributed by atoms with E-state index < -0.39 is 5.60 Å². The van der Waals surface area contributed by atoms with Gasteiger partial charge in [0.2, 0.25) is 0 Å². The SMILES string of the molecule is Cc1ccc(C(C(C)N)N2CCC(C)(O)C2)s1. The van der Waals surface area contributed by atoms with Crippen LogP contribution in [0.1, 0.15) is 36.1 Å². The molecule has 3 N–H and O–H groups in total. The van der Waals surface area contributed by atoms with E-state index in [4.69, 9.17) is 5.73 Å². The maximum absolute atomic E-state index is 10.1. The van der Waals surface area contributed by atoms with Gasteiger partial charge in [0.05, 0.1) is 11.6 Å². The van der Waals surface area contributed by atoms with E-state index >= 15 is 0 Å². The number of aliphatic hydroxyl groups is 1. The lowest BCUT2D eigenvalue weighted by Gasteiger charge is -2.30. The van der Waals surface area contributed by atoms with Crippen LogP contribution in [-0.4, -0.2) is 34.7 Å². The molecule has 0 spiro atoms. The van der Waals surface area contributed by atoms with Crippen LogP contribution in [0.2, 0.25) is 0 Å². The normalized spacial score (nSPS) is 29.5. The van der Waals surface area contributed by atoms with Crippen molar-refractivity contribution in [3.63, 3.8) is 0 Å². The van der Waals surface area contributed by atoms with Crippen molar-refractivity contribution in [1.29, 1.82) is 0 Å². The average Bonchev–Trinajstić information content (AvgIpc) is 2.73. The summed E-state index contributed by atoms with van der Waals surface area (Å²) in [6, 6.07) is 4.63. The van der Waals surface area contributed by atoms with Crippen molar-refractivity contribution in [3.8, 4) is 0 Å². The zero-order chi connectivity index (χ0) is 12.6. The molecular formula is C13H22N2OS. The van der Waals surface area contributed by atoms with Crippen LogP contribution in [0.3, 0.4) is 0 Å². The van der Waals surface area contributed by atoms with Crippen LogP contribution < -0.4 is 5.73 Å². The predicted octanol–water partition coefficient (Wildman–Crippen LogP) is 1.90. The van der Waals surface area contributed by atoms with Crippen molar-refractivity contribution >= 4 is 11.3 Å². The van der Waals surface area contributed by atoms with Gasteiger partial charge in [0.15, 0.2) is 0 Å². The summed E-state index contributed by atoms with van der Waals surface area (Å²) in [6.45, 7) is 7.72.